The highest BCUT2D eigenvalue weighted by Crippen LogP contribution is 2.16. The first-order valence-corrected chi connectivity index (χ1v) is 7.53. The Labute approximate surface area is 119 Å². The second kappa shape index (κ2) is 8.60. The molecule has 0 heterocycles. The molecule has 0 unspecified atom stereocenters. The van der Waals surface area contributed by atoms with Gasteiger partial charge < -0.3 is 4.90 Å². The maximum Gasteiger partial charge on any atom is 0.223 e. The van der Waals surface area contributed by atoms with Gasteiger partial charge in [0.1, 0.15) is 0 Å². The first-order chi connectivity index (χ1) is 9.15. The number of rotatable bonds is 7. The molecule has 0 saturated carbocycles. The van der Waals surface area contributed by atoms with E-state index >= 15 is 0 Å². The highest BCUT2D eigenvalue weighted by Gasteiger charge is 2.07. The van der Waals surface area contributed by atoms with E-state index in [1.165, 1.54) is 11.1 Å². The molecule has 1 aromatic carbocycles. The van der Waals surface area contributed by atoms with Crippen LogP contribution < -0.4 is 0 Å². The molecule has 1 rings (SSSR count). The summed E-state index contributed by atoms with van der Waals surface area (Å²) < 4.78 is 0. The van der Waals surface area contributed by atoms with Crippen LogP contribution in [0.1, 0.15) is 24.0 Å². The van der Waals surface area contributed by atoms with Crippen LogP contribution in [0.15, 0.2) is 24.3 Å². The summed E-state index contributed by atoms with van der Waals surface area (Å²) in [6, 6.07) is 10.4. The predicted octanol–water partition coefficient (Wildman–Crippen LogP) is 2.99. The van der Waals surface area contributed by atoms with Gasteiger partial charge in [-0.3, -0.25) is 4.79 Å². The van der Waals surface area contributed by atoms with Crippen molar-refractivity contribution in [2.75, 3.05) is 19.3 Å². The smallest absolute Gasteiger partial charge is 0.223 e. The zero-order chi connectivity index (χ0) is 14.1. The van der Waals surface area contributed by atoms with Crippen molar-refractivity contribution in [3.63, 3.8) is 0 Å². The van der Waals surface area contributed by atoms with E-state index in [4.69, 9.17) is 5.26 Å². The number of amides is 1. The fourth-order valence-electron chi connectivity index (χ4n) is 1.65. The number of thioether (sulfide) groups is 1. The SMILES string of the molecule is Cc1ccccc1CSCCC(=O)N(C)CCC#N. The van der Waals surface area contributed by atoms with Gasteiger partial charge in [-0.25, -0.2) is 0 Å². The van der Waals surface area contributed by atoms with Crippen LogP contribution in [0.4, 0.5) is 0 Å². The highest BCUT2D eigenvalue weighted by molar-refractivity contribution is 7.98. The van der Waals surface area contributed by atoms with Crippen molar-refractivity contribution in [2.45, 2.75) is 25.5 Å². The van der Waals surface area contributed by atoms with Gasteiger partial charge in [0.25, 0.3) is 0 Å². The lowest BCUT2D eigenvalue weighted by atomic mass is 10.1. The van der Waals surface area contributed by atoms with Crippen molar-refractivity contribution < 1.29 is 4.79 Å². The molecule has 0 atom stereocenters. The molecule has 102 valence electrons. The molecule has 0 aromatic heterocycles. The molecular weight excluding hydrogens is 256 g/mol. The summed E-state index contributed by atoms with van der Waals surface area (Å²) in [6.07, 6.45) is 0.942. The van der Waals surface area contributed by atoms with E-state index in [-0.39, 0.29) is 5.91 Å². The van der Waals surface area contributed by atoms with Crippen molar-refractivity contribution >= 4 is 17.7 Å². The van der Waals surface area contributed by atoms with Crippen molar-refractivity contribution in [3.8, 4) is 6.07 Å². The van der Waals surface area contributed by atoms with Gasteiger partial charge in [-0.2, -0.15) is 17.0 Å². The minimum absolute atomic E-state index is 0.118. The van der Waals surface area contributed by atoms with Gasteiger partial charge in [-0.15, -0.1) is 0 Å². The van der Waals surface area contributed by atoms with Gasteiger partial charge in [0.05, 0.1) is 12.5 Å². The van der Waals surface area contributed by atoms with E-state index in [9.17, 15) is 4.79 Å². The van der Waals surface area contributed by atoms with Crippen molar-refractivity contribution in [1.82, 2.24) is 4.90 Å². The highest BCUT2D eigenvalue weighted by atomic mass is 32.2. The fourth-order valence-corrected chi connectivity index (χ4v) is 2.65. The lowest BCUT2D eigenvalue weighted by molar-refractivity contribution is -0.129. The Morgan fingerprint density at radius 1 is 1.42 bits per heavy atom. The summed E-state index contributed by atoms with van der Waals surface area (Å²) >= 11 is 1.78. The van der Waals surface area contributed by atoms with Gasteiger partial charge in [-0.1, -0.05) is 24.3 Å². The standard InChI is InChI=1S/C15H20N2OS/c1-13-6-3-4-7-14(13)12-19-11-8-15(18)17(2)10-5-9-16/h3-4,6-7H,5,8,10-12H2,1-2H3. The van der Waals surface area contributed by atoms with Gasteiger partial charge in [-0.05, 0) is 18.1 Å². The number of benzene rings is 1. The molecule has 0 saturated heterocycles. The Balaban J connectivity index is 2.22. The summed E-state index contributed by atoms with van der Waals surface area (Å²) in [6.45, 7) is 2.63. The minimum Gasteiger partial charge on any atom is -0.345 e. The van der Waals surface area contributed by atoms with Crippen LogP contribution >= 0.6 is 11.8 Å². The molecule has 0 aliphatic heterocycles. The van der Waals surface area contributed by atoms with Crippen molar-refractivity contribution in [3.05, 3.63) is 35.4 Å². The third-order valence-electron chi connectivity index (χ3n) is 2.96. The molecule has 19 heavy (non-hydrogen) atoms. The van der Waals surface area contributed by atoms with E-state index in [0.29, 0.717) is 19.4 Å². The van der Waals surface area contributed by atoms with Gasteiger partial charge in [0, 0.05) is 31.5 Å². The number of carbonyl (C=O) groups excluding carboxylic acids is 1. The van der Waals surface area contributed by atoms with Crippen LogP contribution in [0.2, 0.25) is 0 Å². The van der Waals surface area contributed by atoms with E-state index in [2.05, 4.69) is 19.1 Å². The Bertz CT molecular complexity index is 454. The Kier molecular flexibility index (Phi) is 7.06. The molecular formula is C15H20N2OS. The number of nitrogens with zero attached hydrogens (tertiary/aromatic N) is 2. The lowest BCUT2D eigenvalue weighted by Gasteiger charge is -2.15. The molecule has 0 N–H and O–H groups in total. The average Bonchev–Trinajstić information content (AvgIpc) is 2.42. The number of hydrogen-bond donors (Lipinski definition) is 0. The maximum absolute atomic E-state index is 11.7. The molecule has 0 radical (unpaired) electrons. The quantitative estimate of drug-likeness (QED) is 0.719. The summed E-state index contributed by atoms with van der Waals surface area (Å²) in [7, 11) is 1.76. The first-order valence-electron chi connectivity index (χ1n) is 6.38. The summed E-state index contributed by atoms with van der Waals surface area (Å²) in [5, 5.41) is 8.47. The summed E-state index contributed by atoms with van der Waals surface area (Å²) in [4.78, 5) is 13.4. The maximum atomic E-state index is 11.7. The molecule has 0 spiro atoms. The first kappa shape index (κ1) is 15.6. The number of carbonyl (C=O) groups is 1. The number of nitriles is 1. The largest absolute Gasteiger partial charge is 0.345 e. The van der Waals surface area contributed by atoms with Crippen LogP contribution in [-0.2, 0) is 10.5 Å². The molecule has 0 fully saturated rings. The third-order valence-corrected chi connectivity index (χ3v) is 3.97. The number of aryl methyl sites for hydroxylation is 1. The zero-order valence-electron chi connectivity index (χ0n) is 11.6. The molecule has 1 aromatic rings. The molecule has 0 aliphatic rings. The molecule has 4 heteroatoms. The topological polar surface area (TPSA) is 44.1 Å². The normalized spacial score (nSPS) is 9.95. The molecule has 3 nitrogen and oxygen atoms in total. The van der Waals surface area contributed by atoms with Crippen molar-refractivity contribution in [2.24, 2.45) is 0 Å². The Morgan fingerprint density at radius 3 is 2.84 bits per heavy atom. The Morgan fingerprint density at radius 2 is 2.16 bits per heavy atom. The number of hydrogen-bond acceptors (Lipinski definition) is 3. The fraction of sp³-hybridized carbons (Fsp3) is 0.467. The summed E-state index contributed by atoms with van der Waals surface area (Å²) in [5.74, 6) is 1.89. The van der Waals surface area contributed by atoms with Crippen LogP contribution in [0.3, 0.4) is 0 Å². The van der Waals surface area contributed by atoms with Crippen molar-refractivity contribution in [1.29, 1.82) is 5.26 Å². The van der Waals surface area contributed by atoms with Crippen LogP contribution in [0.5, 0.6) is 0 Å². The lowest BCUT2D eigenvalue weighted by Crippen LogP contribution is -2.27. The van der Waals surface area contributed by atoms with E-state index < -0.39 is 0 Å². The Hall–Kier alpha value is -1.47. The minimum atomic E-state index is 0.118. The van der Waals surface area contributed by atoms with E-state index in [1.807, 2.05) is 18.2 Å². The van der Waals surface area contributed by atoms with Gasteiger partial charge >= 0.3 is 0 Å². The molecule has 0 bridgehead atoms. The molecule has 0 aliphatic carbocycles. The van der Waals surface area contributed by atoms with E-state index in [0.717, 1.165) is 11.5 Å². The van der Waals surface area contributed by atoms with Crippen LogP contribution in [0, 0.1) is 18.3 Å². The van der Waals surface area contributed by atoms with Gasteiger partial charge in [0.2, 0.25) is 5.91 Å². The van der Waals surface area contributed by atoms with Crippen LogP contribution in [0.25, 0.3) is 0 Å². The predicted molar refractivity (Wildman–Crippen MR) is 79.8 cm³/mol. The molecule has 1 amide bonds. The van der Waals surface area contributed by atoms with Gasteiger partial charge in [0.15, 0.2) is 0 Å². The third kappa shape index (κ3) is 5.80. The average molecular weight is 276 g/mol. The second-order valence-corrected chi connectivity index (χ2v) is 5.56. The summed E-state index contributed by atoms with van der Waals surface area (Å²) in [5.41, 5.74) is 2.63. The zero-order valence-corrected chi connectivity index (χ0v) is 12.4. The van der Waals surface area contributed by atoms with Crippen LogP contribution in [-0.4, -0.2) is 30.2 Å². The monoisotopic (exact) mass is 276 g/mol. The second-order valence-electron chi connectivity index (χ2n) is 4.45. The van der Waals surface area contributed by atoms with E-state index in [1.54, 1.807) is 23.7 Å².